The van der Waals surface area contributed by atoms with Crippen molar-refractivity contribution in [3.05, 3.63) is 46.2 Å². The van der Waals surface area contributed by atoms with E-state index in [1.165, 1.54) is 26.0 Å². The van der Waals surface area contributed by atoms with Crippen LogP contribution in [0.1, 0.15) is 70.3 Å². The van der Waals surface area contributed by atoms with Gasteiger partial charge in [0.15, 0.2) is 0 Å². The SMILES string of the molecule is CC(C)c1cc(Cl)cc(C(C)C)c1NC(=O)NS(=O)(=O)c1ccc(C(C)(C)O)o1. The minimum absolute atomic E-state index is 0.0533. The number of urea groups is 1. The Hall–Kier alpha value is -2.03. The van der Waals surface area contributed by atoms with Gasteiger partial charge in [0.1, 0.15) is 11.4 Å². The van der Waals surface area contributed by atoms with Gasteiger partial charge in [0, 0.05) is 10.7 Å². The number of carbonyl (C=O) groups is 1. The first-order valence-corrected chi connectivity index (χ1v) is 11.1. The summed E-state index contributed by atoms with van der Waals surface area (Å²) in [6.45, 7) is 10.7. The number of amides is 2. The third kappa shape index (κ3) is 5.52. The molecule has 0 aliphatic carbocycles. The Morgan fingerprint density at radius 3 is 2.03 bits per heavy atom. The zero-order valence-electron chi connectivity index (χ0n) is 17.3. The van der Waals surface area contributed by atoms with Crippen molar-refractivity contribution >= 4 is 33.3 Å². The van der Waals surface area contributed by atoms with Crippen molar-refractivity contribution in [3.8, 4) is 0 Å². The van der Waals surface area contributed by atoms with E-state index >= 15 is 0 Å². The van der Waals surface area contributed by atoms with Gasteiger partial charge < -0.3 is 14.8 Å². The highest BCUT2D eigenvalue weighted by molar-refractivity contribution is 7.89. The number of halogens is 1. The molecule has 2 aromatic rings. The average molecular weight is 443 g/mol. The number of sulfonamides is 1. The normalized spacial score (nSPS) is 12.5. The smallest absolute Gasteiger partial charge is 0.333 e. The van der Waals surface area contributed by atoms with Crippen LogP contribution in [-0.2, 0) is 15.6 Å². The van der Waals surface area contributed by atoms with E-state index in [1.54, 1.807) is 12.1 Å². The second-order valence-corrected chi connectivity index (χ2v) is 10.1. The molecule has 9 heteroatoms. The Morgan fingerprint density at radius 1 is 1.10 bits per heavy atom. The van der Waals surface area contributed by atoms with Crippen molar-refractivity contribution in [1.82, 2.24) is 4.72 Å². The van der Waals surface area contributed by atoms with Gasteiger partial charge in [-0.05, 0) is 61.1 Å². The third-order valence-corrected chi connectivity index (χ3v) is 5.74. The zero-order valence-corrected chi connectivity index (χ0v) is 18.9. The summed E-state index contributed by atoms with van der Waals surface area (Å²) in [7, 11) is -4.26. The van der Waals surface area contributed by atoms with Gasteiger partial charge in [0.25, 0.3) is 10.0 Å². The van der Waals surface area contributed by atoms with Gasteiger partial charge in [-0.3, -0.25) is 0 Å². The summed E-state index contributed by atoms with van der Waals surface area (Å²) in [4.78, 5) is 12.5. The van der Waals surface area contributed by atoms with E-state index in [9.17, 15) is 18.3 Å². The highest BCUT2D eigenvalue weighted by Gasteiger charge is 2.27. The summed E-state index contributed by atoms with van der Waals surface area (Å²) in [6, 6.07) is 5.12. The lowest BCUT2D eigenvalue weighted by atomic mass is 9.92. The van der Waals surface area contributed by atoms with Crippen LogP contribution in [-0.4, -0.2) is 19.6 Å². The Balaban J connectivity index is 2.32. The molecule has 0 atom stereocenters. The molecule has 2 rings (SSSR count). The van der Waals surface area contributed by atoms with E-state index in [-0.39, 0.29) is 17.6 Å². The quantitative estimate of drug-likeness (QED) is 0.588. The minimum Gasteiger partial charge on any atom is -0.445 e. The van der Waals surface area contributed by atoms with Crippen molar-refractivity contribution in [2.24, 2.45) is 0 Å². The van der Waals surface area contributed by atoms with Crippen molar-refractivity contribution in [1.29, 1.82) is 0 Å². The fraction of sp³-hybridized carbons (Fsp3) is 0.450. The Morgan fingerprint density at radius 2 is 1.62 bits per heavy atom. The van der Waals surface area contributed by atoms with Crippen LogP contribution in [0.3, 0.4) is 0 Å². The number of carbonyl (C=O) groups excluding carboxylic acids is 1. The molecule has 0 saturated heterocycles. The van der Waals surface area contributed by atoms with Crippen LogP contribution >= 0.6 is 11.6 Å². The first kappa shape index (κ1) is 23.3. The lowest BCUT2D eigenvalue weighted by molar-refractivity contribution is 0.0501. The van der Waals surface area contributed by atoms with Crippen molar-refractivity contribution in [3.63, 3.8) is 0 Å². The monoisotopic (exact) mass is 442 g/mol. The fourth-order valence-corrected chi connectivity index (χ4v) is 3.89. The predicted molar refractivity (Wildman–Crippen MR) is 113 cm³/mol. The number of rotatable bonds is 6. The molecule has 2 amide bonds. The standard InChI is InChI=1S/C20H27ClN2O5S/c1-11(2)14-9-13(21)10-15(12(3)4)18(14)22-19(24)23-29(26,27)17-8-7-16(28-17)20(5,6)25/h7-12,25H,1-6H3,(H2,22,23,24). The molecule has 160 valence electrons. The van der Waals surface area contributed by atoms with Crippen LogP contribution in [0.5, 0.6) is 0 Å². The van der Waals surface area contributed by atoms with Crippen LogP contribution in [0.25, 0.3) is 0 Å². The summed E-state index contributed by atoms with van der Waals surface area (Å²) >= 11 is 6.22. The number of aliphatic hydroxyl groups is 1. The van der Waals surface area contributed by atoms with E-state index in [2.05, 4.69) is 5.32 Å². The Bertz CT molecular complexity index is 975. The average Bonchev–Trinajstić information content (AvgIpc) is 3.06. The molecule has 1 aromatic heterocycles. The molecular weight excluding hydrogens is 416 g/mol. The number of anilines is 1. The molecule has 1 heterocycles. The minimum atomic E-state index is -4.26. The highest BCUT2D eigenvalue weighted by atomic mass is 35.5. The van der Waals surface area contributed by atoms with Gasteiger partial charge in [0.2, 0.25) is 5.09 Å². The van der Waals surface area contributed by atoms with Crippen LogP contribution in [0.2, 0.25) is 5.02 Å². The van der Waals surface area contributed by atoms with Gasteiger partial charge >= 0.3 is 6.03 Å². The summed E-state index contributed by atoms with van der Waals surface area (Å²) in [6.07, 6.45) is 0. The third-order valence-electron chi connectivity index (χ3n) is 4.32. The van der Waals surface area contributed by atoms with E-state index in [4.69, 9.17) is 16.0 Å². The second-order valence-electron chi connectivity index (χ2n) is 8.01. The summed E-state index contributed by atoms with van der Waals surface area (Å²) < 4.78 is 32.1. The predicted octanol–water partition coefficient (Wildman–Crippen LogP) is 4.92. The molecule has 0 bridgehead atoms. The van der Waals surface area contributed by atoms with Gasteiger partial charge in [-0.2, -0.15) is 8.42 Å². The molecular formula is C20H27ClN2O5S. The van der Waals surface area contributed by atoms with E-state index in [0.29, 0.717) is 10.7 Å². The summed E-state index contributed by atoms with van der Waals surface area (Å²) in [5, 5.41) is 12.7. The highest BCUT2D eigenvalue weighted by Crippen LogP contribution is 2.35. The van der Waals surface area contributed by atoms with Crippen molar-refractivity contribution in [2.75, 3.05) is 5.32 Å². The van der Waals surface area contributed by atoms with Crippen molar-refractivity contribution in [2.45, 2.75) is 64.1 Å². The molecule has 3 N–H and O–H groups in total. The van der Waals surface area contributed by atoms with E-state index in [1.807, 2.05) is 32.4 Å². The zero-order chi connectivity index (χ0) is 22.1. The first-order valence-electron chi connectivity index (χ1n) is 9.22. The van der Waals surface area contributed by atoms with Gasteiger partial charge in [-0.25, -0.2) is 9.52 Å². The number of nitrogens with one attached hydrogen (secondary N) is 2. The van der Waals surface area contributed by atoms with Crippen LogP contribution in [0.4, 0.5) is 10.5 Å². The van der Waals surface area contributed by atoms with Crippen LogP contribution in [0, 0.1) is 0 Å². The van der Waals surface area contributed by atoms with Crippen molar-refractivity contribution < 1.29 is 22.7 Å². The lowest BCUT2D eigenvalue weighted by Crippen LogP contribution is -2.35. The number of hydrogen-bond acceptors (Lipinski definition) is 5. The first-order chi connectivity index (χ1) is 13.2. The van der Waals surface area contributed by atoms with Gasteiger partial charge in [-0.15, -0.1) is 0 Å². The molecule has 7 nitrogen and oxygen atoms in total. The maximum absolute atomic E-state index is 12.5. The fourth-order valence-electron chi connectivity index (χ4n) is 2.81. The number of furan rings is 1. The summed E-state index contributed by atoms with van der Waals surface area (Å²) in [5.74, 6) is 0.176. The number of hydrogen-bond donors (Lipinski definition) is 3. The molecule has 0 fully saturated rings. The van der Waals surface area contributed by atoms with Crippen LogP contribution in [0.15, 0.2) is 33.8 Å². The number of benzene rings is 1. The van der Waals surface area contributed by atoms with Gasteiger partial charge in [-0.1, -0.05) is 39.3 Å². The lowest BCUT2D eigenvalue weighted by Gasteiger charge is -2.21. The molecule has 0 aliphatic rings. The summed E-state index contributed by atoms with van der Waals surface area (Å²) in [5.41, 5.74) is 0.786. The molecule has 0 spiro atoms. The Kier molecular flexibility index (Phi) is 6.71. The topological polar surface area (TPSA) is 109 Å². The van der Waals surface area contributed by atoms with E-state index in [0.717, 1.165) is 11.1 Å². The maximum Gasteiger partial charge on any atom is 0.333 e. The molecule has 0 saturated carbocycles. The molecule has 0 aliphatic heterocycles. The molecule has 29 heavy (non-hydrogen) atoms. The van der Waals surface area contributed by atoms with Gasteiger partial charge in [0.05, 0.1) is 0 Å². The maximum atomic E-state index is 12.5. The molecule has 1 aromatic carbocycles. The Labute approximate surface area is 176 Å². The molecule has 0 radical (unpaired) electrons. The van der Waals surface area contributed by atoms with Crippen LogP contribution < -0.4 is 10.0 Å². The largest absolute Gasteiger partial charge is 0.445 e. The second kappa shape index (κ2) is 8.38. The van der Waals surface area contributed by atoms with E-state index < -0.39 is 26.7 Å². The molecule has 0 unspecified atom stereocenters.